The van der Waals surface area contributed by atoms with E-state index in [1.807, 2.05) is 0 Å². The van der Waals surface area contributed by atoms with E-state index in [1.54, 1.807) is 35.6 Å². The molecule has 0 aliphatic heterocycles. The first-order valence-electron chi connectivity index (χ1n) is 6.69. The molecule has 3 nitrogen and oxygen atoms in total. The van der Waals surface area contributed by atoms with Gasteiger partial charge in [-0.15, -0.1) is 0 Å². The molecule has 0 saturated heterocycles. The summed E-state index contributed by atoms with van der Waals surface area (Å²) < 4.78 is 26.3. The normalized spacial score (nSPS) is 17.8. The number of halogens is 1. The standard InChI is InChI=1S/C14H20ClNO2S/c1-16(14-8-3-2-4-9-14)19(17,18)11-12-6-5-7-13(15)10-12/h5-7,10,14H,2-4,8-9,11H2,1H3. The molecule has 0 atom stereocenters. The number of hydrogen-bond donors (Lipinski definition) is 0. The summed E-state index contributed by atoms with van der Waals surface area (Å²) in [5.74, 6) is 0.0283. The monoisotopic (exact) mass is 301 g/mol. The third kappa shape index (κ3) is 3.94. The molecule has 1 fully saturated rings. The molecule has 0 aromatic heterocycles. The van der Waals surface area contributed by atoms with E-state index in [0.717, 1.165) is 31.2 Å². The van der Waals surface area contributed by atoms with Crippen molar-refractivity contribution >= 4 is 21.6 Å². The van der Waals surface area contributed by atoms with Crippen molar-refractivity contribution in [2.45, 2.75) is 43.9 Å². The molecule has 5 heteroatoms. The van der Waals surface area contributed by atoms with Gasteiger partial charge in [0, 0.05) is 18.1 Å². The van der Waals surface area contributed by atoms with Gasteiger partial charge in [-0.05, 0) is 30.5 Å². The molecule has 106 valence electrons. The molecule has 0 bridgehead atoms. The molecule has 1 aliphatic rings. The highest BCUT2D eigenvalue weighted by atomic mass is 35.5. The maximum atomic E-state index is 12.4. The zero-order valence-corrected chi connectivity index (χ0v) is 12.8. The van der Waals surface area contributed by atoms with Crippen molar-refractivity contribution in [1.29, 1.82) is 0 Å². The Bertz CT molecular complexity index is 524. The van der Waals surface area contributed by atoms with Crippen LogP contribution in [0, 0.1) is 0 Å². The first kappa shape index (κ1) is 14.8. The van der Waals surface area contributed by atoms with E-state index in [4.69, 9.17) is 11.6 Å². The fourth-order valence-electron chi connectivity index (χ4n) is 2.61. The average Bonchev–Trinajstić information content (AvgIpc) is 2.38. The fraction of sp³-hybridized carbons (Fsp3) is 0.571. The topological polar surface area (TPSA) is 37.4 Å². The van der Waals surface area contributed by atoms with Gasteiger partial charge in [0.1, 0.15) is 0 Å². The first-order chi connectivity index (χ1) is 8.99. The van der Waals surface area contributed by atoms with Crippen molar-refractivity contribution in [3.63, 3.8) is 0 Å². The summed E-state index contributed by atoms with van der Waals surface area (Å²) in [7, 11) is -1.55. The Balaban J connectivity index is 2.08. The lowest BCUT2D eigenvalue weighted by Crippen LogP contribution is -2.38. The first-order valence-corrected chi connectivity index (χ1v) is 8.68. The lowest BCUT2D eigenvalue weighted by Gasteiger charge is -2.30. The van der Waals surface area contributed by atoms with Gasteiger partial charge in [-0.3, -0.25) is 0 Å². The highest BCUT2D eigenvalue weighted by Gasteiger charge is 2.27. The van der Waals surface area contributed by atoms with E-state index in [0.29, 0.717) is 5.02 Å². The van der Waals surface area contributed by atoms with Crippen LogP contribution >= 0.6 is 11.6 Å². The molecule has 19 heavy (non-hydrogen) atoms. The smallest absolute Gasteiger partial charge is 0.212 e. The third-order valence-corrected chi connectivity index (χ3v) is 5.87. The number of nitrogens with zero attached hydrogens (tertiary/aromatic N) is 1. The highest BCUT2D eigenvalue weighted by molar-refractivity contribution is 7.88. The molecular formula is C14H20ClNO2S. The number of rotatable bonds is 4. The number of benzene rings is 1. The average molecular weight is 302 g/mol. The quantitative estimate of drug-likeness (QED) is 0.854. The van der Waals surface area contributed by atoms with E-state index in [-0.39, 0.29) is 11.8 Å². The van der Waals surface area contributed by atoms with Crippen molar-refractivity contribution in [3.8, 4) is 0 Å². The summed E-state index contributed by atoms with van der Waals surface area (Å²) in [6.45, 7) is 0. The zero-order chi connectivity index (χ0) is 13.9. The summed E-state index contributed by atoms with van der Waals surface area (Å²) in [6.07, 6.45) is 5.43. The van der Waals surface area contributed by atoms with Gasteiger partial charge < -0.3 is 0 Å². The predicted octanol–water partition coefficient (Wildman–Crippen LogP) is 3.43. The van der Waals surface area contributed by atoms with Gasteiger partial charge in [0.05, 0.1) is 5.75 Å². The molecule has 2 rings (SSSR count). The van der Waals surface area contributed by atoms with Crippen LogP contribution in [0.15, 0.2) is 24.3 Å². The van der Waals surface area contributed by atoms with Gasteiger partial charge in [-0.2, -0.15) is 0 Å². The lowest BCUT2D eigenvalue weighted by atomic mass is 9.96. The van der Waals surface area contributed by atoms with Crippen LogP contribution in [0.1, 0.15) is 37.7 Å². The minimum atomic E-state index is -3.26. The number of hydrogen-bond acceptors (Lipinski definition) is 2. The summed E-state index contributed by atoms with van der Waals surface area (Å²) in [6, 6.07) is 7.22. The van der Waals surface area contributed by atoms with Crippen molar-refractivity contribution in [1.82, 2.24) is 4.31 Å². The summed E-state index contributed by atoms with van der Waals surface area (Å²) in [5, 5.41) is 0.577. The Morgan fingerprint density at radius 1 is 1.26 bits per heavy atom. The Kier molecular flexibility index (Phi) is 4.87. The van der Waals surface area contributed by atoms with Gasteiger partial charge in [-0.25, -0.2) is 12.7 Å². The largest absolute Gasteiger partial charge is 0.218 e. The molecule has 0 unspecified atom stereocenters. The van der Waals surface area contributed by atoms with E-state index in [2.05, 4.69) is 0 Å². The molecule has 1 aliphatic carbocycles. The molecule has 1 aromatic rings. The van der Waals surface area contributed by atoms with Gasteiger partial charge in [0.2, 0.25) is 10.0 Å². The van der Waals surface area contributed by atoms with E-state index in [1.165, 1.54) is 6.42 Å². The Morgan fingerprint density at radius 2 is 1.95 bits per heavy atom. The van der Waals surface area contributed by atoms with Gasteiger partial charge in [0.15, 0.2) is 0 Å². The fourth-order valence-corrected chi connectivity index (χ4v) is 4.29. The van der Waals surface area contributed by atoms with E-state index >= 15 is 0 Å². The Hall–Kier alpha value is -0.580. The molecular weight excluding hydrogens is 282 g/mol. The molecule has 0 amide bonds. The molecule has 1 aromatic carbocycles. The van der Waals surface area contributed by atoms with Crippen molar-refractivity contribution in [3.05, 3.63) is 34.9 Å². The summed E-state index contributed by atoms with van der Waals surface area (Å²) in [4.78, 5) is 0. The maximum absolute atomic E-state index is 12.4. The van der Waals surface area contributed by atoms with Crippen LogP contribution in [0.3, 0.4) is 0 Å². The second-order valence-corrected chi connectivity index (χ2v) is 7.66. The predicted molar refractivity (Wildman–Crippen MR) is 78.7 cm³/mol. The van der Waals surface area contributed by atoms with Crippen LogP contribution in [0.4, 0.5) is 0 Å². The lowest BCUT2D eigenvalue weighted by molar-refractivity contribution is 0.285. The van der Waals surface area contributed by atoms with Crippen LogP contribution in [0.2, 0.25) is 5.02 Å². The Labute approximate surface area is 120 Å². The maximum Gasteiger partial charge on any atom is 0.218 e. The molecule has 0 N–H and O–H groups in total. The molecule has 0 spiro atoms. The van der Waals surface area contributed by atoms with Crippen LogP contribution in [0.5, 0.6) is 0 Å². The summed E-state index contributed by atoms with van der Waals surface area (Å²) in [5.41, 5.74) is 0.746. The van der Waals surface area contributed by atoms with Crippen LogP contribution in [-0.2, 0) is 15.8 Å². The summed E-state index contributed by atoms with van der Waals surface area (Å²) >= 11 is 5.89. The van der Waals surface area contributed by atoms with Crippen molar-refractivity contribution < 1.29 is 8.42 Å². The zero-order valence-electron chi connectivity index (χ0n) is 11.2. The minimum Gasteiger partial charge on any atom is -0.212 e. The van der Waals surface area contributed by atoms with Crippen LogP contribution < -0.4 is 0 Å². The third-order valence-electron chi connectivity index (χ3n) is 3.77. The molecule has 0 radical (unpaired) electrons. The Morgan fingerprint density at radius 3 is 2.58 bits per heavy atom. The van der Waals surface area contributed by atoms with Crippen molar-refractivity contribution in [2.24, 2.45) is 0 Å². The molecule has 0 heterocycles. The van der Waals surface area contributed by atoms with Crippen LogP contribution in [-0.4, -0.2) is 25.8 Å². The SMILES string of the molecule is CN(C1CCCCC1)S(=O)(=O)Cc1cccc(Cl)c1. The van der Waals surface area contributed by atoms with E-state index < -0.39 is 10.0 Å². The highest BCUT2D eigenvalue weighted by Crippen LogP contribution is 2.25. The second kappa shape index (κ2) is 6.25. The minimum absolute atomic E-state index is 0.0283. The van der Waals surface area contributed by atoms with Gasteiger partial charge >= 0.3 is 0 Å². The van der Waals surface area contributed by atoms with Gasteiger partial charge in [0.25, 0.3) is 0 Å². The number of sulfonamides is 1. The second-order valence-electron chi connectivity index (χ2n) is 5.19. The molecule has 1 saturated carbocycles. The van der Waals surface area contributed by atoms with E-state index in [9.17, 15) is 8.42 Å². The van der Waals surface area contributed by atoms with Crippen LogP contribution in [0.25, 0.3) is 0 Å². The van der Waals surface area contributed by atoms with Crippen molar-refractivity contribution in [2.75, 3.05) is 7.05 Å². The van der Waals surface area contributed by atoms with Gasteiger partial charge in [-0.1, -0.05) is 43.0 Å².